The van der Waals surface area contributed by atoms with Crippen LogP contribution in [0.4, 0.5) is 15.8 Å². The minimum atomic E-state index is -0.642. The topological polar surface area (TPSA) is 73.0 Å². The number of nitro groups is 1. The van der Waals surface area contributed by atoms with Crippen molar-refractivity contribution in [2.75, 3.05) is 5.32 Å². The molecule has 2 aromatic rings. The molecule has 7 heteroatoms. The molecule has 0 aliphatic rings. The van der Waals surface area contributed by atoms with E-state index in [1.165, 1.54) is 12.1 Å². The number of nitro benzene ring substituents is 1. The minimum Gasteiger partial charge on any atom is -0.377 e. The van der Waals surface area contributed by atoms with E-state index in [0.717, 1.165) is 18.3 Å². The number of anilines is 1. The fourth-order valence-electron chi connectivity index (χ4n) is 1.74. The van der Waals surface area contributed by atoms with Gasteiger partial charge in [0.05, 0.1) is 28.9 Å². The monoisotopic (exact) mass is 264 g/mol. The molecule has 0 bridgehead atoms. The largest absolute Gasteiger partial charge is 0.377 e. The van der Waals surface area contributed by atoms with Crippen LogP contribution in [-0.4, -0.2) is 14.7 Å². The molecule has 0 fully saturated rings. The van der Waals surface area contributed by atoms with Crippen LogP contribution < -0.4 is 5.32 Å². The van der Waals surface area contributed by atoms with Crippen molar-refractivity contribution in [3.05, 3.63) is 52.1 Å². The lowest BCUT2D eigenvalue weighted by atomic mass is 10.2. The van der Waals surface area contributed by atoms with E-state index in [1.54, 1.807) is 10.9 Å². The molecule has 0 spiro atoms. The zero-order valence-corrected chi connectivity index (χ0v) is 10.3. The van der Waals surface area contributed by atoms with E-state index in [2.05, 4.69) is 10.4 Å². The molecule has 0 atom stereocenters. The number of non-ortho nitro benzene ring substituents is 1. The molecule has 0 unspecified atom stereocenters. The van der Waals surface area contributed by atoms with E-state index in [9.17, 15) is 14.5 Å². The second-order valence-electron chi connectivity index (χ2n) is 3.91. The van der Waals surface area contributed by atoms with Crippen molar-refractivity contribution in [1.82, 2.24) is 9.78 Å². The Morgan fingerprint density at radius 2 is 2.26 bits per heavy atom. The zero-order chi connectivity index (χ0) is 13.8. The van der Waals surface area contributed by atoms with Gasteiger partial charge in [0.15, 0.2) is 5.82 Å². The summed E-state index contributed by atoms with van der Waals surface area (Å²) < 4.78 is 15.4. The second kappa shape index (κ2) is 5.47. The van der Waals surface area contributed by atoms with Crippen LogP contribution in [-0.2, 0) is 13.1 Å². The van der Waals surface area contributed by atoms with E-state index in [4.69, 9.17) is 0 Å². The van der Waals surface area contributed by atoms with Crippen LogP contribution in [0.2, 0.25) is 0 Å². The quantitative estimate of drug-likeness (QED) is 0.665. The molecule has 1 heterocycles. The summed E-state index contributed by atoms with van der Waals surface area (Å²) in [6.07, 6.45) is 1.67. The maximum absolute atomic E-state index is 13.6. The van der Waals surface area contributed by atoms with Crippen molar-refractivity contribution in [1.29, 1.82) is 0 Å². The summed E-state index contributed by atoms with van der Waals surface area (Å²) >= 11 is 0. The highest BCUT2D eigenvalue weighted by Crippen LogP contribution is 2.20. The van der Waals surface area contributed by atoms with Gasteiger partial charge in [0.1, 0.15) is 0 Å². The minimum absolute atomic E-state index is 0.231. The fourth-order valence-corrected chi connectivity index (χ4v) is 1.74. The predicted molar refractivity (Wildman–Crippen MR) is 68.3 cm³/mol. The molecule has 0 aliphatic heterocycles. The molecule has 1 aromatic carbocycles. The molecule has 19 heavy (non-hydrogen) atoms. The molecule has 1 aromatic heterocycles. The first-order valence-electron chi connectivity index (χ1n) is 5.80. The summed E-state index contributed by atoms with van der Waals surface area (Å²) in [4.78, 5) is 9.87. The van der Waals surface area contributed by atoms with Crippen LogP contribution in [0.5, 0.6) is 0 Å². The van der Waals surface area contributed by atoms with E-state index in [0.29, 0.717) is 6.54 Å². The van der Waals surface area contributed by atoms with Crippen LogP contribution in [0.3, 0.4) is 0 Å². The molecular weight excluding hydrogens is 251 g/mol. The Kier molecular flexibility index (Phi) is 3.74. The van der Waals surface area contributed by atoms with Gasteiger partial charge in [-0.15, -0.1) is 0 Å². The standard InChI is InChI=1S/C12H13FN4O2/c1-2-16-10(5-6-15-16)8-14-12-4-3-9(17(18)19)7-11(12)13/h3-7,14H,2,8H2,1H3. The van der Waals surface area contributed by atoms with Gasteiger partial charge in [-0.3, -0.25) is 14.8 Å². The lowest BCUT2D eigenvalue weighted by molar-refractivity contribution is -0.385. The number of nitrogens with zero attached hydrogens (tertiary/aromatic N) is 3. The zero-order valence-electron chi connectivity index (χ0n) is 10.3. The SMILES string of the molecule is CCn1nccc1CNc1ccc([N+](=O)[O-])cc1F. The molecule has 0 amide bonds. The van der Waals surface area contributed by atoms with Gasteiger partial charge in [0.25, 0.3) is 5.69 Å². The normalized spacial score (nSPS) is 10.4. The van der Waals surface area contributed by atoms with E-state index < -0.39 is 10.7 Å². The Balaban J connectivity index is 2.10. The Hall–Kier alpha value is -2.44. The highest BCUT2D eigenvalue weighted by atomic mass is 19.1. The lowest BCUT2D eigenvalue weighted by Gasteiger charge is -2.08. The number of aryl methyl sites for hydroxylation is 1. The molecule has 0 saturated carbocycles. The predicted octanol–water partition coefficient (Wildman–Crippen LogP) is 2.56. The first-order chi connectivity index (χ1) is 9.11. The molecule has 0 radical (unpaired) electrons. The number of aromatic nitrogens is 2. The average molecular weight is 264 g/mol. The fraction of sp³-hybridized carbons (Fsp3) is 0.250. The van der Waals surface area contributed by atoms with Crippen molar-refractivity contribution < 1.29 is 9.31 Å². The first-order valence-corrected chi connectivity index (χ1v) is 5.80. The van der Waals surface area contributed by atoms with Gasteiger partial charge in [-0.1, -0.05) is 0 Å². The highest BCUT2D eigenvalue weighted by molar-refractivity contribution is 5.50. The van der Waals surface area contributed by atoms with E-state index in [-0.39, 0.29) is 11.4 Å². The van der Waals surface area contributed by atoms with Crippen molar-refractivity contribution >= 4 is 11.4 Å². The summed E-state index contributed by atoms with van der Waals surface area (Å²) in [6, 6.07) is 5.36. The Labute approximate surface area is 109 Å². The number of hydrogen-bond donors (Lipinski definition) is 1. The maximum Gasteiger partial charge on any atom is 0.272 e. The molecular formula is C12H13FN4O2. The molecule has 0 saturated heterocycles. The van der Waals surface area contributed by atoms with Crippen LogP contribution in [0.1, 0.15) is 12.6 Å². The van der Waals surface area contributed by atoms with Crippen molar-refractivity contribution in [2.24, 2.45) is 0 Å². The summed E-state index contributed by atoms with van der Waals surface area (Å²) in [5.74, 6) is -0.642. The second-order valence-corrected chi connectivity index (χ2v) is 3.91. The number of halogens is 1. The molecule has 0 aliphatic carbocycles. The molecule has 6 nitrogen and oxygen atoms in total. The van der Waals surface area contributed by atoms with E-state index >= 15 is 0 Å². The van der Waals surface area contributed by atoms with Crippen LogP contribution in [0.15, 0.2) is 30.5 Å². The number of nitrogens with one attached hydrogen (secondary N) is 1. The molecule has 1 N–H and O–H groups in total. The van der Waals surface area contributed by atoms with Gasteiger partial charge in [0, 0.05) is 18.8 Å². The Morgan fingerprint density at radius 1 is 1.47 bits per heavy atom. The van der Waals surface area contributed by atoms with Gasteiger partial charge < -0.3 is 5.32 Å². The van der Waals surface area contributed by atoms with Crippen molar-refractivity contribution in [3.8, 4) is 0 Å². The van der Waals surface area contributed by atoms with Gasteiger partial charge in [-0.05, 0) is 19.1 Å². The van der Waals surface area contributed by atoms with Crippen molar-refractivity contribution in [2.45, 2.75) is 20.0 Å². The van der Waals surface area contributed by atoms with E-state index in [1.807, 2.05) is 13.0 Å². The van der Waals surface area contributed by atoms with Gasteiger partial charge in [0.2, 0.25) is 0 Å². The third-order valence-electron chi connectivity index (χ3n) is 2.73. The van der Waals surface area contributed by atoms with Gasteiger partial charge in [-0.2, -0.15) is 5.10 Å². The first kappa shape index (κ1) is 13.0. The number of hydrogen-bond acceptors (Lipinski definition) is 4. The Bertz CT molecular complexity index is 597. The molecule has 2 rings (SSSR count). The lowest BCUT2D eigenvalue weighted by Crippen LogP contribution is -2.08. The smallest absolute Gasteiger partial charge is 0.272 e. The van der Waals surface area contributed by atoms with Crippen LogP contribution >= 0.6 is 0 Å². The summed E-state index contributed by atoms with van der Waals surface area (Å²) in [5.41, 5.74) is 0.886. The number of benzene rings is 1. The molecule has 100 valence electrons. The van der Waals surface area contributed by atoms with Crippen LogP contribution in [0.25, 0.3) is 0 Å². The summed E-state index contributed by atoms with van der Waals surface area (Å²) in [5, 5.41) is 17.5. The third kappa shape index (κ3) is 2.87. The average Bonchev–Trinajstić information content (AvgIpc) is 2.84. The van der Waals surface area contributed by atoms with Crippen LogP contribution in [0, 0.1) is 15.9 Å². The maximum atomic E-state index is 13.6. The Morgan fingerprint density at radius 3 is 2.89 bits per heavy atom. The highest BCUT2D eigenvalue weighted by Gasteiger charge is 2.10. The van der Waals surface area contributed by atoms with Gasteiger partial charge in [-0.25, -0.2) is 4.39 Å². The van der Waals surface area contributed by atoms with Crippen molar-refractivity contribution in [3.63, 3.8) is 0 Å². The summed E-state index contributed by atoms with van der Waals surface area (Å²) in [6.45, 7) is 3.10. The number of rotatable bonds is 5. The van der Waals surface area contributed by atoms with Gasteiger partial charge >= 0.3 is 0 Å². The summed E-state index contributed by atoms with van der Waals surface area (Å²) in [7, 11) is 0. The third-order valence-corrected chi connectivity index (χ3v) is 2.73.